The number of aryl methyl sites for hydroxylation is 2. The largest absolute Gasteiger partial charge is 0.385 e. The Morgan fingerprint density at radius 2 is 1.75 bits per heavy atom. The van der Waals surface area contributed by atoms with Crippen molar-refractivity contribution in [2.45, 2.75) is 26.7 Å². The van der Waals surface area contributed by atoms with Gasteiger partial charge in [0, 0.05) is 25.4 Å². The fraction of sp³-hybridized carbons (Fsp3) is 0.571. The molecule has 0 saturated carbocycles. The maximum absolute atomic E-state index is 5.36. The quantitative estimate of drug-likeness (QED) is 0.843. The van der Waals surface area contributed by atoms with Crippen LogP contribution in [-0.2, 0) is 4.74 Å². The molecule has 16 heavy (non-hydrogen) atoms. The summed E-state index contributed by atoms with van der Waals surface area (Å²) in [5, 5.41) is 3.54. The van der Waals surface area contributed by atoms with Crippen molar-refractivity contribution in [2.75, 3.05) is 25.1 Å². The van der Waals surface area contributed by atoms with Crippen LogP contribution in [0, 0.1) is 19.8 Å². The summed E-state index contributed by atoms with van der Waals surface area (Å²) in [4.78, 5) is 0. The fourth-order valence-corrected chi connectivity index (χ4v) is 2.29. The third kappa shape index (κ3) is 3.24. The second-order valence-corrected chi connectivity index (χ2v) is 4.81. The summed E-state index contributed by atoms with van der Waals surface area (Å²) in [5.74, 6) is 0.773. The van der Waals surface area contributed by atoms with Gasteiger partial charge in [0.15, 0.2) is 0 Å². The van der Waals surface area contributed by atoms with E-state index in [9.17, 15) is 0 Å². The Bertz CT molecular complexity index is 322. The van der Waals surface area contributed by atoms with Crippen LogP contribution < -0.4 is 5.32 Å². The first-order valence-corrected chi connectivity index (χ1v) is 6.14. The molecule has 0 bridgehead atoms. The number of hydrogen-bond donors (Lipinski definition) is 1. The fourth-order valence-electron chi connectivity index (χ4n) is 2.29. The maximum Gasteiger partial charge on any atom is 0.0469 e. The van der Waals surface area contributed by atoms with Crippen molar-refractivity contribution in [3.05, 3.63) is 29.3 Å². The highest BCUT2D eigenvalue weighted by Crippen LogP contribution is 2.18. The molecule has 0 unspecified atom stereocenters. The summed E-state index contributed by atoms with van der Waals surface area (Å²) in [6.45, 7) is 7.23. The van der Waals surface area contributed by atoms with Gasteiger partial charge in [-0.05, 0) is 55.9 Å². The third-order valence-corrected chi connectivity index (χ3v) is 3.16. The number of rotatable bonds is 3. The van der Waals surface area contributed by atoms with Crippen molar-refractivity contribution in [3.63, 3.8) is 0 Å². The minimum atomic E-state index is 0.773. The molecule has 0 amide bonds. The van der Waals surface area contributed by atoms with Crippen LogP contribution in [0.15, 0.2) is 18.2 Å². The molecule has 1 aliphatic heterocycles. The average Bonchev–Trinajstić information content (AvgIpc) is 2.27. The second-order valence-electron chi connectivity index (χ2n) is 4.81. The summed E-state index contributed by atoms with van der Waals surface area (Å²) in [6, 6.07) is 6.64. The van der Waals surface area contributed by atoms with Crippen molar-refractivity contribution in [1.82, 2.24) is 0 Å². The normalized spacial score (nSPS) is 17.4. The summed E-state index contributed by atoms with van der Waals surface area (Å²) < 4.78 is 5.36. The molecule has 1 aromatic carbocycles. The lowest BCUT2D eigenvalue weighted by Gasteiger charge is -2.22. The summed E-state index contributed by atoms with van der Waals surface area (Å²) in [6.07, 6.45) is 2.38. The molecular weight excluding hydrogens is 198 g/mol. The lowest BCUT2D eigenvalue weighted by atomic mass is 10.0. The average molecular weight is 219 g/mol. The van der Waals surface area contributed by atoms with E-state index in [1.165, 1.54) is 29.7 Å². The van der Waals surface area contributed by atoms with E-state index in [0.717, 1.165) is 25.7 Å². The van der Waals surface area contributed by atoms with Gasteiger partial charge in [0.25, 0.3) is 0 Å². The number of anilines is 1. The Balaban J connectivity index is 1.88. The van der Waals surface area contributed by atoms with E-state index in [1.54, 1.807) is 0 Å². The van der Waals surface area contributed by atoms with E-state index >= 15 is 0 Å². The minimum absolute atomic E-state index is 0.773. The Hall–Kier alpha value is -1.02. The number of hydrogen-bond acceptors (Lipinski definition) is 2. The molecule has 2 nitrogen and oxygen atoms in total. The van der Waals surface area contributed by atoms with Gasteiger partial charge in [-0.15, -0.1) is 0 Å². The molecule has 0 aliphatic carbocycles. The van der Waals surface area contributed by atoms with Crippen LogP contribution >= 0.6 is 0 Å². The Kier molecular flexibility index (Phi) is 3.83. The minimum Gasteiger partial charge on any atom is -0.385 e. The third-order valence-electron chi connectivity index (χ3n) is 3.16. The molecule has 1 N–H and O–H groups in total. The van der Waals surface area contributed by atoms with Gasteiger partial charge in [-0.25, -0.2) is 0 Å². The van der Waals surface area contributed by atoms with E-state index in [1.807, 2.05) is 0 Å². The van der Waals surface area contributed by atoms with E-state index in [2.05, 4.69) is 37.4 Å². The molecule has 1 fully saturated rings. The maximum atomic E-state index is 5.36. The van der Waals surface area contributed by atoms with Crippen molar-refractivity contribution < 1.29 is 4.74 Å². The Morgan fingerprint density at radius 1 is 1.12 bits per heavy atom. The molecular formula is C14H21NO. The zero-order valence-corrected chi connectivity index (χ0v) is 10.3. The van der Waals surface area contributed by atoms with Gasteiger partial charge < -0.3 is 10.1 Å². The van der Waals surface area contributed by atoms with Crippen LogP contribution in [-0.4, -0.2) is 19.8 Å². The number of ether oxygens (including phenoxy) is 1. The Morgan fingerprint density at radius 3 is 2.38 bits per heavy atom. The monoisotopic (exact) mass is 219 g/mol. The first-order valence-electron chi connectivity index (χ1n) is 6.14. The van der Waals surface area contributed by atoms with Crippen LogP contribution in [0.25, 0.3) is 0 Å². The molecule has 1 aromatic rings. The lowest BCUT2D eigenvalue weighted by Crippen LogP contribution is -2.22. The highest BCUT2D eigenvalue weighted by molar-refractivity contribution is 5.48. The van der Waals surface area contributed by atoms with E-state index in [-0.39, 0.29) is 0 Å². The van der Waals surface area contributed by atoms with Gasteiger partial charge in [0.2, 0.25) is 0 Å². The van der Waals surface area contributed by atoms with Gasteiger partial charge >= 0.3 is 0 Å². The topological polar surface area (TPSA) is 21.3 Å². The van der Waals surface area contributed by atoms with Gasteiger partial charge in [0.1, 0.15) is 0 Å². The van der Waals surface area contributed by atoms with Crippen molar-refractivity contribution in [3.8, 4) is 0 Å². The molecule has 1 heterocycles. The summed E-state index contributed by atoms with van der Waals surface area (Å²) >= 11 is 0. The van der Waals surface area contributed by atoms with Crippen LogP contribution in [0.2, 0.25) is 0 Å². The van der Waals surface area contributed by atoms with Crippen LogP contribution in [0.4, 0.5) is 5.69 Å². The van der Waals surface area contributed by atoms with Crippen LogP contribution in [0.5, 0.6) is 0 Å². The summed E-state index contributed by atoms with van der Waals surface area (Å²) in [5.41, 5.74) is 3.91. The van der Waals surface area contributed by atoms with Crippen LogP contribution in [0.3, 0.4) is 0 Å². The van der Waals surface area contributed by atoms with E-state index in [4.69, 9.17) is 4.74 Å². The van der Waals surface area contributed by atoms with Crippen molar-refractivity contribution in [1.29, 1.82) is 0 Å². The highest BCUT2D eigenvalue weighted by atomic mass is 16.5. The molecule has 0 radical (unpaired) electrons. The van der Waals surface area contributed by atoms with Gasteiger partial charge in [-0.2, -0.15) is 0 Å². The molecule has 88 valence electrons. The van der Waals surface area contributed by atoms with Gasteiger partial charge in [-0.1, -0.05) is 6.07 Å². The predicted molar refractivity (Wildman–Crippen MR) is 67.9 cm³/mol. The standard InChI is InChI=1S/C14H21NO/c1-11-7-12(2)9-14(8-11)15-10-13-3-5-16-6-4-13/h7-9,13,15H,3-6,10H2,1-2H3. The molecule has 1 saturated heterocycles. The number of nitrogens with one attached hydrogen (secondary N) is 1. The lowest BCUT2D eigenvalue weighted by molar-refractivity contribution is 0.0699. The molecule has 0 aromatic heterocycles. The first kappa shape index (κ1) is 11.5. The highest BCUT2D eigenvalue weighted by Gasteiger charge is 2.13. The zero-order chi connectivity index (χ0) is 11.4. The molecule has 2 rings (SSSR count). The molecule has 1 aliphatic rings. The number of benzene rings is 1. The Labute approximate surface area is 98.0 Å². The SMILES string of the molecule is Cc1cc(C)cc(NCC2CCOCC2)c1. The van der Waals surface area contributed by atoms with Gasteiger partial charge in [0.05, 0.1) is 0 Å². The smallest absolute Gasteiger partial charge is 0.0469 e. The molecule has 0 atom stereocenters. The van der Waals surface area contributed by atoms with Crippen molar-refractivity contribution >= 4 is 5.69 Å². The van der Waals surface area contributed by atoms with Crippen LogP contribution in [0.1, 0.15) is 24.0 Å². The predicted octanol–water partition coefficient (Wildman–Crippen LogP) is 3.14. The van der Waals surface area contributed by atoms with Gasteiger partial charge in [-0.3, -0.25) is 0 Å². The molecule has 2 heteroatoms. The second kappa shape index (κ2) is 5.35. The van der Waals surface area contributed by atoms with E-state index < -0.39 is 0 Å². The first-order chi connectivity index (χ1) is 7.74. The van der Waals surface area contributed by atoms with Crippen molar-refractivity contribution in [2.24, 2.45) is 5.92 Å². The van der Waals surface area contributed by atoms with E-state index in [0.29, 0.717) is 0 Å². The summed E-state index contributed by atoms with van der Waals surface area (Å²) in [7, 11) is 0. The zero-order valence-electron chi connectivity index (χ0n) is 10.3. The molecule has 0 spiro atoms.